The maximum Gasteiger partial charge on any atom is 0.295 e. The van der Waals surface area contributed by atoms with Crippen LogP contribution in [0.15, 0.2) is 70.3 Å². The molecule has 4 fully saturated rings. The predicted octanol–water partition coefficient (Wildman–Crippen LogP) is 4.69. The molecule has 0 aliphatic heterocycles. The molecule has 4 aromatic rings. The van der Waals surface area contributed by atoms with Crippen LogP contribution in [0, 0.1) is 42.9 Å². The molecular formula is C35H40N6O4. The van der Waals surface area contributed by atoms with Gasteiger partial charge in [-0.05, 0) is 99.8 Å². The minimum atomic E-state index is -1.06. The highest BCUT2D eigenvalue weighted by atomic mass is 16.2. The molecule has 0 atom stereocenters. The maximum atomic E-state index is 14.5. The van der Waals surface area contributed by atoms with Crippen LogP contribution in [0.5, 0.6) is 0 Å². The first-order valence-electron chi connectivity index (χ1n) is 15.9. The summed E-state index contributed by atoms with van der Waals surface area (Å²) in [7, 11) is 3.55. The smallest absolute Gasteiger partial charge is 0.295 e. The fraction of sp³-hybridized carbons (Fsp3) is 0.429. The number of benzene rings is 2. The van der Waals surface area contributed by atoms with Gasteiger partial charge < -0.3 is 10.6 Å². The molecule has 10 nitrogen and oxygen atoms in total. The van der Waals surface area contributed by atoms with Gasteiger partial charge in [0.05, 0.1) is 22.8 Å². The van der Waals surface area contributed by atoms with E-state index in [0.29, 0.717) is 40.5 Å². The van der Waals surface area contributed by atoms with Crippen LogP contribution in [0.1, 0.15) is 49.9 Å². The van der Waals surface area contributed by atoms with Crippen LogP contribution < -0.4 is 21.8 Å². The lowest BCUT2D eigenvalue weighted by atomic mass is 9.46. The monoisotopic (exact) mass is 608 g/mol. The van der Waals surface area contributed by atoms with Crippen molar-refractivity contribution in [2.24, 2.45) is 43.2 Å². The maximum absolute atomic E-state index is 14.5. The van der Waals surface area contributed by atoms with Gasteiger partial charge in [-0.2, -0.15) is 0 Å². The Morgan fingerprint density at radius 1 is 0.667 bits per heavy atom. The van der Waals surface area contributed by atoms with Gasteiger partial charge in [-0.25, -0.2) is 9.36 Å². The normalized spacial score (nSPS) is 23.4. The average molecular weight is 609 g/mol. The number of hydrogen-bond donors (Lipinski definition) is 2. The summed E-state index contributed by atoms with van der Waals surface area (Å²) in [5.41, 5.74) is 1.63. The van der Waals surface area contributed by atoms with Crippen molar-refractivity contribution < 1.29 is 9.59 Å². The molecule has 0 unspecified atom stereocenters. The summed E-state index contributed by atoms with van der Waals surface area (Å²) in [6, 6.07) is 18.5. The van der Waals surface area contributed by atoms with Crippen molar-refractivity contribution in [1.29, 1.82) is 0 Å². The summed E-state index contributed by atoms with van der Waals surface area (Å²) in [6.07, 6.45) is 5.84. The van der Waals surface area contributed by atoms with E-state index in [9.17, 15) is 19.2 Å². The Hall–Kier alpha value is -4.60. The van der Waals surface area contributed by atoms with Crippen LogP contribution in [0.25, 0.3) is 11.4 Å². The minimum Gasteiger partial charge on any atom is -0.319 e. The Kier molecular flexibility index (Phi) is 6.98. The van der Waals surface area contributed by atoms with E-state index in [-0.39, 0.29) is 22.5 Å². The summed E-state index contributed by atoms with van der Waals surface area (Å²) in [5, 5.41) is 5.86. The van der Waals surface area contributed by atoms with Crippen LogP contribution in [-0.4, -0.2) is 30.5 Å². The molecule has 2 N–H and O–H groups in total. The average Bonchev–Trinajstić information content (AvgIpc) is 3.35. The largest absolute Gasteiger partial charge is 0.319 e. The second kappa shape index (κ2) is 10.8. The Morgan fingerprint density at radius 3 is 1.38 bits per heavy atom. The van der Waals surface area contributed by atoms with Gasteiger partial charge in [0.2, 0.25) is 11.8 Å². The number of para-hydroxylation sites is 2. The molecule has 2 heterocycles. The second-order valence-electron chi connectivity index (χ2n) is 13.6. The van der Waals surface area contributed by atoms with Gasteiger partial charge in [-0.15, -0.1) is 0 Å². The molecule has 4 saturated carbocycles. The van der Waals surface area contributed by atoms with E-state index in [1.165, 1.54) is 9.36 Å². The van der Waals surface area contributed by atoms with Crippen LogP contribution in [0.4, 0.5) is 11.4 Å². The first-order chi connectivity index (χ1) is 21.6. The zero-order valence-corrected chi connectivity index (χ0v) is 26.2. The van der Waals surface area contributed by atoms with Crippen molar-refractivity contribution in [3.63, 3.8) is 0 Å². The van der Waals surface area contributed by atoms with E-state index in [1.54, 1.807) is 37.3 Å². The number of amides is 2. The SMILES string of the molecule is Cc1c(NC(=O)C(C(=O)Nc2c(C)n(C)n(-c3ccccc3)c2=O)C23CC4CC(CC(C4)C2)C3)c(=O)n(-c2ccccc2)n1C. The highest BCUT2D eigenvalue weighted by molar-refractivity contribution is 6.11. The Labute approximate surface area is 261 Å². The van der Waals surface area contributed by atoms with Gasteiger partial charge in [-0.3, -0.25) is 28.5 Å². The third-order valence-corrected chi connectivity index (χ3v) is 10.8. The number of rotatable bonds is 7. The van der Waals surface area contributed by atoms with Gasteiger partial charge in [0.1, 0.15) is 17.3 Å². The van der Waals surface area contributed by atoms with E-state index in [0.717, 1.165) is 38.5 Å². The minimum absolute atomic E-state index is 0.163. The van der Waals surface area contributed by atoms with Crippen LogP contribution in [0.3, 0.4) is 0 Å². The summed E-state index contributed by atoms with van der Waals surface area (Å²) in [5.74, 6) is -0.570. The topological polar surface area (TPSA) is 112 Å². The first-order valence-corrected chi connectivity index (χ1v) is 15.9. The van der Waals surface area contributed by atoms with Gasteiger partial charge in [0, 0.05) is 14.1 Å². The molecule has 0 spiro atoms. The lowest BCUT2D eigenvalue weighted by Gasteiger charge is -2.58. The van der Waals surface area contributed by atoms with Gasteiger partial charge in [0.15, 0.2) is 0 Å². The quantitative estimate of drug-likeness (QED) is 0.297. The molecule has 2 aromatic carbocycles. The zero-order chi connectivity index (χ0) is 31.6. The van der Waals surface area contributed by atoms with Crippen molar-refractivity contribution in [2.45, 2.75) is 52.4 Å². The van der Waals surface area contributed by atoms with Crippen LogP contribution in [-0.2, 0) is 23.7 Å². The number of carbonyl (C=O) groups excluding carboxylic acids is 2. The Balaban J connectivity index is 1.27. The number of hydrogen-bond acceptors (Lipinski definition) is 4. The molecule has 0 radical (unpaired) electrons. The lowest BCUT2D eigenvalue weighted by Crippen LogP contribution is -2.55. The third kappa shape index (κ3) is 4.69. The van der Waals surface area contributed by atoms with E-state index in [4.69, 9.17) is 0 Å². The van der Waals surface area contributed by atoms with E-state index in [1.807, 2.05) is 60.7 Å². The molecule has 10 heteroatoms. The number of carbonyl (C=O) groups is 2. The summed E-state index contributed by atoms with van der Waals surface area (Å²) >= 11 is 0. The highest BCUT2D eigenvalue weighted by Crippen LogP contribution is 2.63. The molecule has 45 heavy (non-hydrogen) atoms. The van der Waals surface area contributed by atoms with Gasteiger partial charge in [0.25, 0.3) is 11.1 Å². The van der Waals surface area contributed by atoms with E-state index < -0.39 is 23.1 Å². The number of anilines is 2. The molecule has 4 bridgehead atoms. The fourth-order valence-corrected chi connectivity index (χ4v) is 9.02. The van der Waals surface area contributed by atoms with Crippen molar-refractivity contribution in [1.82, 2.24) is 18.7 Å². The summed E-state index contributed by atoms with van der Waals surface area (Å²) < 4.78 is 6.47. The lowest BCUT2D eigenvalue weighted by molar-refractivity contribution is -0.147. The van der Waals surface area contributed by atoms with Gasteiger partial charge in [-0.1, -0.05) is 36.4 Å². The zero-order valence-electron chi connectivity index (χ0n) is 26.2. The third-order valence-electron chi connectivity index (χ3n) is 10.8. The molecule has 2 aromatic heterocycles. The van der Waals surface area contributed by atoms with Crippen molar-refractivity contribution in [3.8, 4) is 11.4 Å². The van der Waals surface area contributed by atoms with Crippen LogP contribution in [0.2, 0.25) is 0 Å². The molecular weight excluding hydrogens is 568 g/mol. The Bertz CT molecular complexity index is 1760. The summed E-state index contributed by atoms with van der Waals surface area (Å²) in [6.45, 7) is 3.57. The van der Waals surface area contributed by atoms with Crippen molar-refractivity contribution in [2.75, 3.05) is 10.6 Å². The predicted molar refractivity (Wildman–Crippen MR) is 173 cm³/mol. The van der Waals surface area contributed by atoms with E-state index in [2.05, 4.69) is 10.6 Å². The van der Waals surface area contributed by atoms with Gasteiger partial charge >= 0.3 is 0 Å². The second-order valence-corrected chi connectivity index (χ2v) is 13.6. The standard InChI is InChI=1S/C35H40N6O4/c1-21-29(33(44)40(38(21)3)26-11-7-5-8-12-26)36-31(42)28(35-18-23-15-24(19-35)17-25(16-23)20-35)32(43)37-30-22(2)39(4)41(34(30)45)27-13-9-6-10-14-27/h5-14,23-25,28H,15-20H2,1-4H3,(H,36,42)(H,37,43). The number of nitrogens with zero attached hydrogens (tertiary/aromatic N) is 4. The highest BCUT2D eigenvalue weighted by Gasteiger charge is 2.58. The first kappa shape index (κ1) is 29.1. The molecule has 8 rings (SSSR count). The van der Waals surface area contributed by atoms with Crippen molar-refractivity contribution in [3.05, 3.63) is 92.8 Å². The molecule has 234 valence electrons. The van der Waals surface area contributed by atoms with Crippen molar-refractivity contribution >= 4 is 23.2 Å². The molecule has 0 saturated heterocycles. The number of nitrogens with one attached hydrogen (secondary N) is 2. The number of aromatic nitrogens is 4. The molecule has 4 aliphatic rings. The molecule has 2 amide bonds. The molecule has 4 aliphatic carbocycles. The van der Waals surface area contributed by atoms with E-state index >= 15 is 0 Å². The Morgan fingerprint density at radius 2 is 1.02 bits per heavy atom. The van der Waals surface area contributed by atoms with Crippen LogP contribution >= 0.6 is 0 Å². The fourth-order valence-electron chi connectivity index (χ4n) is 9.02. The summed E-state index contributed by atoms with van der Waals surface area (Å²) in [4.78, 5) is 56.4.